The van der Waals surface area contributed by atoms with Gasteiger partial charge in [-0.2, -0.15) is 0 Å². The number of aliphatic hydroxyl groups excluding tert-OH is 1. The lowest BCUT2D eigenvalue weighted by molar-refractivity contribution is 0.0401. The molecule has 0 amide bonds. The van der Waals surface area contributed by atoms with Gasteiger partial charge in [-0.3, -0.25) is 0 Å². The van der Waals surface area contributed by atoms with Crippen LogP contribution >= 0.6 is 28.3 Å². The first-order valence-electron chi connectivity index (χ1n) is 5.01. The molecule has 4 heteroatoms. The van der Waals surface area contributed by atoms with E-state index >= 15 is 0 Å². The van der Waals surface area contributed by atoms with Crippen molar-refractivity contribution in [2.45, 2.75) is 32.9 Å². The van der Waals surface area contributed by atoms with E-state index in [9.17, 15) is 5.11 Å². The second-order valence-corrected chi connectivity index (χ2v) is 5.80. The molecule has 92 valence electrons. The summed E-state index contributed by atoms with van der Waals surface area (Å²) in [5, 5.41) is 10.0. The van der Waals surface area contributed by atoms with Gasteiger partial charge in [0.25, 0.3) is 0 Å². The molecule has 2 atom stereocenters. The maximum Gasteiger partial charge on any atom is 0.0780 e. The lowest BCUT2D eigenvalue weighted by atomic mass is 9.82. The molecule has 3 N–H and O–H groups in total. The third kappa shape index (κ3) is 4.06. The highest BCUT2D eigenvalue weighted by Crippen LogP contribution is 2.28. The molecule has 1 aromatic carbocycles. The predicted octanol–water partition coefficient (Wildman–Crippen LogP) is 3.28. The molecule has 16 heavy (non-hydrogen) atoms. The quantitative estimate of drug-likeness (QED) is 0.881. The minimum absolute atomic E-state index is 0. The SMILES string of the molecule is CC(C)(C)[C@H](O)[C@H](N)c1ccc(Br)cc1.Cl. The fourth-order valence-corrected chi connectivity index (χ4v) is 1.67. The molecule has 1 aromatic rings. The number of nitrogens with two attached hydrogens (primary N) is 1. The van der Waals surface area contributed by atoms with Gasteiger partial charge in [0.05, 0.1) is 12.1 Å². The van der Waals surface area contributed by atoms with E-state index in [2.05, 4.69) is 15.9 Å². The van der Waals surface area contributed by atoms with E-state index in [-0.39, 0.29) is 23.9 Å². The number of hydrogen-bond acceptors (Lipinski definition) is 2. The summed E-state index contributed by atoms with van der Waals surface area (Å²) in [7, 11) is 0. The van der Waals surface area contributed by atoms with Gasteiger partial charge in [0.2, 0.25) is 0 Å². The summed E-state index contributed by atoms with van der Waals surface area (Å²) in [5.41, 5.74) is 6.77. The highest BCUT2D eigenvalue weighted by Gasteiger charge is 2.28. The Morgan fingerprint density at radius 2 is 1.62 bits per heavy atom. The normalized spacial score (nSPS) is 15.1. The summed E-state index contributed by atoms with van der Waals surface area (Å²) in [6, 6.07) is 7.40. The fourth-order valence-electron chi connectivity index (χ4n) is 1.41. The molecule has 0 saturated carbocycles. The van der Waals surface area contributed by atoms with E-state index in [0.717, 1.165) is 10.0 Å². The molecule has 0 aliphatic carbocycles. The van der Waals surface area contributed by atoms with Gasteiger partial charge in [0.1, 0.15) is 0 Å². The Bertz CT molecular complexity index is 321. The average molecular weight is 309 g/mol. The van der Waals surface area contributed by atoms with E-state index < -0.39 is 6.10 Å². The highest BCUT2D eigenvalue weighted by atomic mass is 79.9. The van der Waals surface area contributed by atoms with E-state index in [0.29, 0.717) is 0 Å². The van der Waals surface area contributed by atoms with Gasteiger partial charge < -0.3 is 10.8 Å². The maximum atomic E-state index is 10.0. The molecule has 0 unspecified atom stereocenters. The fraction of sp³-hybridized carbons (Fsp3) is 0.500. The largest absolute Gasteiger partial charge is 0.391 e. The number of aliphatic hydroxyl groups is 1. The summed E-state index contributed by atoms with van der Waals surface area (Å²) >= 11 is 3.37. The van der Waals surface area contributed by atoms with Crippen LogP contribution in [0.15, 0.2) is 28.7 Å². The van der Waals surface area contributed by atoms with Gasteiger partial charge in [-0.05, 0) is 23.1 Å². The summed E-state index contributed by atoms with van der Waals surface area (Å²) in [6.45, 7) is 5.95. The standard InChI is InChI=1S/C12H18BrNO.ClH/c1-12(2,3)11(15)10(14)8-4-6-9(13)7-5-8;/h4-7,10-11,15H,14H2,1-3H3;1H/t10-,11-;/m1./s1. The van der Waals surface area contributed by atoms with E-state index in [1.807, 2.05) is 45.0 Å². The van der Waals surface area contributed by atoms with Crippen LogP contribution in [0.4, 0.5) is 0 Å². The second kappa shape index (κ2) is 6.01. The number of benzene rings is 1. The van der Waals surface area contributed by atoms with Crippen LogP contribution in [-0.4, -0.2) is 11.2 Å². The Labute approximate surface area is 112 Å². The van der Waals surface area contributed by atoms with Crippen molar-refractivity contribution >= 4 is 28.3 Å². The Morgan fingerprint density at radius 3 is 2.00 bits per heavy atom. The molecule has 0 saturated heterocycles. The molecule has 0 heterocycles. The van der Waals surface area contributed by atoms with Crippen LogP contribution < -0.4 is 5.73 Å². The Morgan fingerprint density at radius 1 is 1.19 bits per heavy atom. The molecule has 0 fully saturated rings. The van der Waals surface area contributed by atoms with Crippen LogP contribution in [0.3, 0.4) is 0 Å². The lowest BCUT2D eigenvalue weighted by Crippen LogP contribution is -2.36. The van der Waals surface area contributed by atoms with Crippen molar-refractivity contribution in [1.29, 1.82) is 0 Å². The zero-order valence-electron chi connectivity index (χ0n) is 9.77. The maximum absolute atomic E-state index is 10.0. The van der Waals surface area contributed by atoms with Crippen molar-refractivity contribution in [1.82, 2.24) is 0 Å². The molecule has 0 bridgehead atoms. The molecule has 2 nitrogen and oxygen atoms in total. The summed E-state index contributed by atoms with van der Waals surface area (Å²) < 4.78 is 1.02. The first kappa shape index (κ1) is 15.9. The smallest absolute Gasteiger partial charge is 0.0780 e. The van der Waals surface area contributed by atoms with Crippen LogP contribution in [0.1, 0.15) is 32.4 Å². The number of halogens is 2. The Hall–Kier alpha value is -0.0900. The Kier molecular flexibility index (Phi) is 5.98. The lowest BCUT2D eigenvalue weighted by Gasteiger charge is -2.31. The molecular weight excluding hydrogens is 289 g/mol. The summed E-state index contributed by atoms with van der Waals surface area (Å²) in [5.74, 6) is 0. The van der Waals surface area contributed by atoms with Crippen molar-refractivity contribution in [2.75, 3.05) is 0 Å². The molecule has 0 radical (unpaired) electrons. The van der Waals surface area contributed by atoms with Crippen LogP contribution in [0.5, 0.6) is 0 Å². The third-order valence-electron chi connectivity index (χ3n) is 2.48. The predicted molar refractivity (Wildman–Crippen MR) is 73.8 cm³/mol. The van der Waals surface area contributed by atoms with Gasteiger partial charge in [0, 0.05) is 4.47 Å². The van der Waals surface area contributed by atoms with Gasteiger partial charge >= 0.3 is 0 Å². The molecular formula is C12H19BrClNO. The zero-order valence-corrected chi connectivity index (χ0v) is 12.2. The monoisotopic (exact) mass is 307 g/mol. The molecule has 0 aliphatic rings. The first-order chi connectivity index (χ1) is 6.82. The minimum atomic E-state index is -0.543. The van der Waals surface area contributed by atoms with Gasteiger partial charge in [-0.25, -0.2) is 0 Å². The van der Waals surface area contributed by atoms with Crippen molar-refractivity contribution in [3.63, 3.8) is 0 Å². The van der Waals surface area contributed by atoms with Crippen molar-refractivity contribution in [3.05, 3.63) is 34.3 Å². The number of rotatable bonds is 2. The van der Waals surface area contributed by atoms with Crippen LogP contribution in [0.25, 0.3) is 0 Å². The van der Waals surface area contributed by atoms with Crippen molar-refractivity contribution in [2.24, 2.45) is 11.1 Å². The summed E-state index contributed by atoms with van der Waals surface area (Å²) in [6.07, 6.45) is -0.543. The van der Waals surface area contributed by atoms with Crippen LogP contribution in [-0.2, 0) is 0 Å². The minimum Gasteiger partial charge on any atom is -0.391 e. The van der Waals surface area contributed by atoms with Crippen molar-refractivity contribution in [3.8, 4) is 0 Å². The molecule has 0 spiro atoms. The highest BCUT2D eigenvalue weighted by molar-refractivity contribution is 9.10. The van der Waals surface area contributed by atoms with Gasteiger partial charge in [-0.1, -0.05) is 48.8 Å². The van der Waals surface area contributed by atoms with E-state index in [4.69, 9.17) is 5.73 Å². The summed E-state index contributed by atoms with van der Waals surface area (Å²) in [4.78, 5) is 0. The topological polar surface area (TPSA) is 46.2 Å². The third-order valence-corrected chi connectivity index (χ3v) is 3.01. The van der Waals surface area contributed by atoms with E-state index in [1.165, 1.54) is 0 Å². The first-order valence-corrected chi connectivity index (χ1v) is 5.81. The van der Waals surface area contributed by atoms with E-state index in [1.54, 1.807) is 0 Å². The average Bonchev–Trinajstić information content (AvgIpc) is 2.15. The van der Waals surface area contributed by atoms with Gasteiger partial charge in [-0.15, -0.1) is 12.4 Å². The van der Waals surface area contributed by atoms with Gasteiger partial charge in [0.15, 0.2) is 0 Å². The molecule has 0 aromatic heterocycles. The second-order valence-electron chi connectivity index (χ2n) is 4.89. The molecule has 1 rings (SSSR count). The van der Waals surface area contributed by atoms with Crippen LogP contribution in [0.2, 0.25) is 0 Å². The Balaban J connectivity index is 0.00000225. The number of hydrogen-bond donors (Lipinski definition) is 2. The van der Waals surface area contributed by atoms with Crippen LogP contribution in [0, 0.1) is 5.41 Å². The van der Waals surface area contributed by atoms with Crippen molar-refractivity contribution < 1.29 is 5.11 Å². The molecule has 0 aliphatic heterocycles. The zero-order chi connectivity index (χ0) is 11.6.